The van der Waals surface area contributed by atoms with Crippen molar-refractivity contribution in [1.29, 1.82) is 0 Å². The van der Waals surface area contributed by atoms with Crippen LogP contribution in [0.1, 0.15) is 31.9 Å². The van der Waals surface area contributed by atoms with E-state index < -0.39 is 0 Å². The first-order valence-corrected chi connectivity index (χ1v) is 8.88. The van der Waals surface area contributed by atoms with E-state index in [0.717, 1.165) is 5.56 Å². The van der Waals surface area contributed by atoms with Crippen molar-refractivity contribution in [1.82, 2.24) is 24.5 Å². The van der Waals surface area contributed by atoms with Crippen LogP contribution in [-0.2, 0) is 12.0 Å². The van der Waals surface area contributed by atoms with Gasteiger partial charge in [0, 0.05) is 12.7 Å². The van der Waals surface area contributed by atoms with Gasteiger partial charge in [-0.25, -0.2) is 9.97 Å². The number of aromatic nitrogens is 5. The normalized spacial score (nSPS) is 11.8. The van der Waals surface area contributed by atoms with Gasteiger partial charge in [-0.3, -0.25) is 9.78 Å². The van der Waals surface area contributed by atoms with Gasteiger partial charge in [0.15, 0.2) is 17.0 Å². The lowest BCUT2D eigenvalue weighted by Crippen LogP contribution is -2.14. The molecule has 0 amide bonds. The highest BCUT2D eigenvalue weighted by Crippen LogP contribution is 2.22. The number of hydrogen-bond donors (Lipinski definition) is 1. The first-order chi connectivity index (χ1) is 12.9. The Labute approximate surface area is 157 Å². The number of nitrogens with zero attached hydrogens (tertiary/aromatic N) is 4. The molecule has 0 atom stereocenters. The van der Waals surface area contributed by atoms with E-state index >= 15 is 0 Å². The van der Waals surface area contributed by atoms with E-state index in [4.69, 9.17) is 0 Å². The molecular formula is C21H21N5O. The molecule has 6 heteroatoms. The SMILES string of the molecule is CC(C)(C)c1ccc(Cn2cnc3nc(-c4ccccn4)[nH]c(=O)c32)cc1. The Morgan fingerprint density at radius 3 is 2.48 bits per heavy atom. The second-order valence-electron chi connectivity index (χ2n) is 7.62. The van der Waals surface area contributed by atoms with Crippen LogP contribution in [0.15, 0.2) is 59.8 Å². The monoisotopic (exact) mass is 359 g/mol. The predicted molar refractivity (Wildman–Crippen MR) is 106 cm³/mol. The Bertz CT molecular complexity index is 1140. The van der Waals surface area contributed by atoms with Crippen LogP contribution in [-0.4, -0.2) is 24.5 Å². The largest absolute Gasteiger partial charge is 0.320 e. The number of fused-ring (bicyclic) bond motifs is 1. The number of aromatic amines is 1. The van der Waals surface area contributed by atoms with Crippen molar-refractivity contribution in [3.05, 3.63) is 76.5 Å². The van der Waals surface area contributed by atoms with E-state index in [-0.39, 0.29) is 11.0 Å². The molecule has 0 saturated heterocycles. The molecule has 0 aliphatic heterocycles. The third-order valence-corrected chi connectivity index (χ3v) is 4.56. The van der Waals surface area contributed by atoms with Crippen LogP contribution >= 0.6 is 0 Å². The van der Waals surface area contributed by atoms with Crippen molar-refractivity contribution in [2.24, 2.45) is 0 Å². The molecule has 3 heterocycles. The minimum Gasteiger partial charge on any atom is -0.320 e. The molecule has 0 fully saturated rings. The molecule has 0 bridgehead atoms. The maximum absolute atomic E-state index is 12.6. The molecule has 4 rings (SSSR count). The van der Waals surface area contributed by atoms with Crippen molar-refractivity contribution in [3.8, 4) is 11.5 Å². The fourth-order valence-electron chi connectivity index (χ4n) is 3.04. The molecule has 1 N–H and O–H groups in total. The Morgan fingerprint density at radius 1 is 1.04 bits per heavy atom. The Balaban J connectivity index is 1.69. The zero-order chi connectivity index (χ0) is 19.0. The maximum atomic E-state index is 12.6. The molecule has 27 heavy (non-hydrogen) atoms. The van der Waals surface area contributed by atoms with Crippen LogP contribution in [0.25, 0.3) is 22.7 Å². The summed E-state index contributed by atoms with van der Waals surface area (Å²) in [4.78, 5) is 28.5. The average Bonchev–Trinajstić information content (AvgIpc) is 3.05. The van der Waals surface area contributed by atoms with E-state index in [2.05, 4.69) is 65.0 Å². The van der Waals surface area contributed by atoms with Crippen LogP contribution in [0.5, 0.6) is 0 Å². The molecule has 6 nitrogen and oxygen atoms in total. The van der Waals surface area contributed by atoms with Crippen molar-refractivity contribution >= 4 is 11.2 Å². The molecular weight excluding hydrogens is 338 g/mol. The molecule has 0 radical (unpaired) electrons. The average molecular weight is 359 g/mol. The number of pyridine rings is 1. The third-order valence-electron chi connectivity index (χ3n) is 4.56. The summed E-state index contributed by atoms with van der Waals surface area (Å²) < 4.78 is 1.83. The Kier molecular flexibility index (Phi) is 4.11. The smallest absolute Gasteiger partial charge is 0.277 e. The molecule has 0 aliphatic carbocycles. The number of imidazole rings is 1. The third kappa shape index (κ3) is 3.38. The standard InChI is InChI=1S/C21H21N5O/c1-21(2,3)15-9-7-14(8-10-15)12-26-13-23-19-17(26)20(27)25-18(24-19)16-6-4-5-11-22-16/h4-11,13H,12H2,1-3H3,(H,24,25,27). The summed E-state index contributed by atoms with van der Waals surface area (Å²) in [7, 11) is 0. The van der Waals surface area contributed by atoms with Crippen molar-refractivity contribution in [2.45, 2.75) is 32.7 Å². The van der Waals surface area contributed by atoms with Gasteiger partial charge in [-0.2, -0.15) is 0 Å². The van der Waals surface area contributed by atoms with Crippen molar-refractivity contribution < 1.29 is 0 Å². The summed E-state index contributed by atoms with van der Waals surface area (Å²) in [5, 5.41) is 0. The van der Waals surface area contributed by atoms with Gasteiger partial charge in [-0.1, -0.05) is 51.1 Å². The number of hydrogen-bond acceptors (Lipinski definition) is 4. The van der Waals surface area contributed by atoms with Gasteiger partial charge in [0.05, 0.1) is 6.33 Å². The number of nitrogens with one attached hydrogen (secondary N) is 1. The highest BCUT2D eigenvalue weighted by Gasteiger charge is 2.14. The lowest BCUT2D eigenvalue weighted by Gasteiger charge is -2.19. The Morgan fingerprint density at radius 2 is 1.81 bits per heavy atom. The lowest BCUT2D eigenvalue weighted by molar-refractivity contribution is 0.590. The number of rotatable bonds is 3. The number of benzene rings is 1. The van der Waals surface area contributed by atoms with Gasteiger partial charge in [0.1, 0.15) is 5.69 Å². The van der Waals surface area contributed by atoms with E-state index in [9.17, 15) is 4.79 Å². The molecule has 136 valence electrons. The zero-order valence-electron chi connectivity index (χ0n) is 15.6. The van der Waals surface area contributed by atoms with E-state index in [1.807, 2.05) is 16.7 Å². The molecule has 4 aromatic rings. The van der Waals surface area contributed by atoms with Crippen LogP contribution in [0.2, 0.25) is 0 Å². The maximum Gasteiger partial charge on any atom is 0.277 e. The van der Waals surface area contributed by atoms with Crippen molar-refractivity contribution in [3.63, 3.8) is 0 Å². The first kappa shape index (κ1) is 17.1. The fraction of sp³-hybridized carbons (Fsp3) is 0.238. The van der Waals surface area contributed by atoms with Crippen molar-refractivity contribution in [2.75, 3.05) is 0 Å². The second kappa shape index (κ2) is 6.46. The molecule has 0 spiro atoms. The summed E-state index contributed by atoms with van der Waals surface area (Å²) >= 11 is 0. The summed E-state index contributed by atoms with van der Waals surface area (Å²) in [6, 6.07) is 13.9. The fourth-order valence-corrected chi connectivity index (χ4v) is 3.04. The topological polar surface area (TPSA) is 76.5 Å². The quantitative estimate of drug-likeness (QED) is 0.607. The van der Waals surface area contributed by atoms with Gasteiger partial charge >= 0.3 is 0 Å². The summed E-state index contributed by atoms with van der Waals surface area (Å²) in [6.07, 6.45) is 3.33. The van der Waals surface area contributed by atoms with Crippen LogP contribution in [0, 0.1) is 0 Å². The highest BCUT2D eigenvalue weighted by molar-refractivity contribution is 5.72. The molecule has 1 aromatic carbocycles. The van der Waals surface area contributed by atoms with Crippen LogP contribution < -0.4 is 5.56 Å². The molecule has 0 unspecified atom stereocenters. The minimum atomic E-state index is -0.218. The minimum absolute atomic E-state index is 0.114. The van der Waals surface area contributed by atoms with E-state index in [1.165, 1.54) is 5.56 Å². The highest BCUT2D eigenvalue weighted by atomic mass is 16.1. The van der Waals surface area contributed by atoms with E-state index in [0.29, 0.717) is 29.2 Å². The first-order valence-electron chi connectivity index (χ1n) is 8.88. The van der Waals surface area contributed by atoms with Gasteiger partial charge in [0.2, 0.25) is 0 Å². The predicted octanol–water partition coefficient (Wildman–Crippen LogP) is 3.53. The summed E-state index contributed by atoms with van der Waals surface area (Å²) in [5.41, 5.74) is 3.79. The van der Waals surface area contributed by atoms with Gasteiger partial charge in [-0.15, -0.1) is 0 Å². The second-order valence-corrected chi connectivity index (χ2v) is 7.62. The lowest BCUT2D eigenvalue weighted by atomic mass is 9.87. The molecule has 0 aliphatic rings. The number of H-pyrrole nitrogens is 1. The van der Waals surface area contributed by atoms with Crippen LogP contribution in [0.4, 0.5) is 0 Å². The Hall–Kier alpha value is -3.28. The van der Waals surface area contributed by atoms with Crippen LogP contribution in [0.3, 0.4) is 0 Å². The van der Waals surface area contributed by atoms with E-state index in [1.54, 1.807) is 18.6 Å². The zero-order valence-corrected chi connectivity index (χ0v) is 15.6. The van der Waals surface area contributed by atoms with Gasteiger partial charge < -0.3 is 9.55 Å². The van der Waals surface area contributed by atoms with Gasteiger partial charge in [-0.05, 0) is 28.7 Å². The molecule has 0 saturated carbocycles. The summed E-state index contributed by atoms with van der Waals surface area (Å²) in [6.45, 7) is 7.13. The van der Waals surface area contributed by atoms with Gasteiger partial charge in [0.25, 0.3) is 5.56 Å². The molecule has 3 aromatic heterocycles. The summed E-state index contributed by atoms with van der Waals surface area (Å²) in [5.74, 6) is 0.424.